The highest BCUT2D eigenvalue weighted by Gasteiger charge is 2.15. The number of hydrogen-bond donors (Lipinski definition) is 0. The molecule has 3 rings (SSSR count). The molecule has 0 bridgehead atoms. The maximum Gasteiger partial charge on any atom is 0.336 e. The SMILES string of the molecule is C/C=C/C(=O)OCc1cc(=O)oc2cc3c(cc12)CCC3. The van der Waals surface area contributed by atoms with Crippen LogP contribution in [0.5, 0.6) is 0 Å². The summed E-state index contributed by atoms with van der Waals surface area (Å²) in [6.45, 7) is 1.82. The van der Waals surface area contributed by atoms with Crippen molar-refractivity contribution >= 4 is 16.9 Å². The minimum Gasteiger partial charge on any atom is -0.458 e. The topological polar surface area (TPSA) is 56.5 Å². The standard InChI is InChI=1S/C17H16O4/c1-2-4-16(18)20-10-13-9-17(19)21-15-8-12-6-3-5-11(12)7-14(13)15/h2,4,7-9H,3,5-6,10H2,1H3/b4-2+. The lowest BCUT2D eigenvalue weighted by Gasteiger charge is -2.08. The number of benzene rings is 1. The summed E-state index contributed by atoms with van der Waals surface area (Å²) in [5.74, 6) is -0.417. The van der Waals surface area contributed by atoms with E-state index in [1.165, 1.54) is 23.3 Å². The fourth-order valence-corrected chi connectivity index (χ4v) is 2.75. The van der Waals surface area contributed by atoms with Crippen LogP contribution in [0.2, 0.25) is 0 Å². The molecule has 1 aliphatic rings. The van der Waals surface area contributed by atoms with Crippen molar-refractivity contribution in [2.24, 2.45) is 0 Å². The predicted octanol–water partition coefficient (Wildman–Crippen LogP) is 2.90. The Morgan fingerprint density at radius 1 is 1.29 bits per heavy atom. The third kappa shape index (κ3) is 2.75. The highest BCUT2D eigenvalue weighted by Crippen LogP contribution is 2.28. The van der Waals surface area contributed by atoms with E-state index in [-0.39, 0.29) is 6.61 Å². The first-order valence-electron chi connectivity index (χ1n) is 7.05. The van der Waals surface area contributed by atoms with E-state index in [0.29, 0.717) is 11.1 Å². The van der Waals surface area contributed by atoms with Crippen LogP contribution < -0.4 is 5.63 Å². The summed E-state index contributed by atoms with van der Waals surface area (Å²) in [5.41, 5.74) is 3.37. The predicted molar refractivity (Wildman–Crippen MR) is 79.1 cm³/mol. The number of carbonyl (C=O) groups excluding carboxylic acids is 1. The van der Waals surface area contributed by atoms with Gasteiger partial charge in [-0.3, -0.25) is 0 Å². The van der Waals surface area contributed by atoms with Crippen molar-refractivity contribution in [2.75, 3.05) is 0 Å². The largest absolute Gasteiger partial charge is 0.458 e. The summed E-state index contributed by atoms with van der Waals surface area (Å²) in [5, 5.41) is 0.850. The van der Waals surface area contributed by atoms with Gasteiger partial charge in [0.1, 0.15) is 12.2 Å². The van der Waals surface area contributed by atoms with Gasteiger partial charge in [-0.25, -0.2) is 9.59 Å². The first-order chi connectivity index (χ1) is 10.2. The Morgan fingerprint density at radius 2 is 2.05 bits per heavy atom. The summed E-state index contributed by atoms with van der Waals surface area (Å²) in [6.07, 6.45) is 6.16. The number of carbonyl (C=O) groups is 1. The number of allylic oxidation sites excluding steroid dienone is 1. The van der Waals surface area contributed by atoms with Crippen molar-refractivity contribution in [1.29, 1.82) is 0 Å². The Balaban J connectivity index is 2.01. The summed E-state index contributed by atoms with van der Waals surface area (Å²) in [6, 6.07) is 5.39. The zero-order valence-electron chi connectivity index (χ0n) is 11.8. The van der Waals surface area contributed by atoms with Crippen molar-refractivity contribution in [3.05, 3.63) is 57.5 Å². The molecule has 0 radical (unpaired) electrons. The van der Waals surface area contributed by atoms with Crippen LogP contribution in [0.25, 0.3) is 11.0 Å². The van der Waals surface area contributed by atoms with E-state index in [0.717, 1.165) is 24.6 Å². The molecule has 0 atom stereocenters. The maximum atomic E-state index is 11.7. The van der Waals surface area contributed by atoms with E-state index in [1.807, 2.05) is 6.07 Å². The van der Waals surface area contributed by atoms with Gasteiger partial charge in [-0.2, -0.15) is 0 Å². The normalized spacial score (nSPS) is 13.8. The molecule has 0 spiro atoms. The Kier molecular flexibility index (Phi) is 3.60. The van der Waals surface area contributed by atoms with Gasteiger partial charge in [0.15, 0.2) is 0 Å². The van der Waals surface area contributed by atoms with Crippen molar-refractivity contribution in [2.45, 2.75) is 32.8 Å². The highest BCUT2D eigenvalue weighted by molar-refractivity contribution is 5.84. The molecule has 0 unspecified atom stereocenters. The van der Waals surface area contributed by atoms with E-state index in [4.69, 9.17) is 9.15 Å². The van der Waals surface area contributed by atoms with Gasteiger partial charge in [-0.1, -0.05) is 6.08 Å². The zero-order chi connectivity index (χ0) is 14.8. The van der Waals surface area contributed by atoms with Crippen LogP contribution in [-0.4, -0.2) is 5.97 Å². The second-order valence-corrected chi connectivity index (χ2v) is 5.17. The monoisotopic (exact) mass is 284 g/mol. The Hall–Kier alpha value is -2.36. The minimum atomic E-state index is -0.419. The van der Waals surface area contributed by atoms with Crippen LogP contribution in [0.3, 0.4) is 0 Å². The van der Waals surface area contributed by atoms with Crippen LogP contribution in [0.15, 0.2) is 39.6 Å². The Morgan fingerprint density at radius 3 is 2.81 bits per heavy atom. The van der Waals surface area contributed by atoms with Gasteiger partial charge in [0.25, 0.3) is 0 Å². The van der Waals surface area contributed by atoms with Gasteiger partial charge >= 0.3 is 11.6 Å². The van der Waals surface area contributed by atoms with Crippen LogP contribution in [0.4, 0.5) is 0 Å². The van der Waals surface area contributed by atoms with E-state index in [1.54, 1.807) is 13.0 Å². The Labute approximate surface area is 122 Å². The third-order valence-corrected chi connectivity index (χ3v) is 3.72. The van der Waals surface area contributed by atoms with E-state index in [2.05, 4.69) is 6.07 Å². The number of aryl methyl sites for hydroxylation is 2. The molecule has 2 aromatic rings. The van der Waals surface area contributed by atoms with Gasteiger partial charge < -0.3 is 9.15 Å². The fraction of sp³-hybridized carbons (Fsp3) is 0.294. The second kappa shape index (κ2) is 5.56. The molecule has 108 valence electrons. The molecule has 4 nitrogen and oxygen atoms in total. The molecule has 1 aliphatic carbocycles. The third-order valence-electron chi connectivity index (χ3n) is 3.72. The molecule has 0 N–H and O–H groups in total. The van der Waals surface area contributed by atoms with Gasteiger partial charge in [0.05, 0.1) is 0 Å². The quantitative estimate of drug-likeness (QED) is 0.494. The second-order valence-electron chi connectivity index (χ2n) is 5.17. The van der Waals surface area contributed by atoms with Crippen LogP contribution in [0, 0.1) is 0 Å². The minimum absolute atomic E-state index is 0.0735. The van der Waals surface area contributed by atoms with Gasteiger partial charge in [-0.15, -0.1) is 0 Å². The smallest absolute Gasteiger partial charge is 0.336 e. The first kappa shape index (κ1) is 13.6. The number of esters is 1. The molecule has 1 aromatic carbocycles. The molecule has 1 aromatic heterocycles. The molecular weight excluding hydrogens is 268 g/mol. The maximum absolute atomic E-state index is 11.7. The molecule has 1 heterocycles. The summed E-state index contributed by atoms with van der Waals surface area (Å²) >= 11 is 0. The Bertz CT molecular complexity index is 783. The van der Waals surface area contributed by atoms with E-state index >= 15 is 0 Å². The zero-order valence-corrected chi connectivity index (χ0v) is 11.8. The molecule has 21 heavy (non-hydrogen) atoms. The highest BCUT2D eigenvalue weighted by atomic mass is 16.5. The summed E-state index contributed by atoms with van der Waals surface area (Å²) < 4.78 is 10.4. The molecule has 0 saturated heterocycles. The summed E-state index contributed by atoms with van der Waals surface area (Å²) in [4.78, 5) is 23.1. The van der Waals surface area contributed by atoms with E-state index in [9.17, 15) is 9.59 Å². The average Bonchev–Trinajstić information content (AvgIpc) is 2.90. The van der Waals surface area contributed by atoms with Crippen LogP contribution in [0.1, 0.15) is 30.0 Å². The molecule has 0 fully saturated rings. The van der Waals surface area contributed by atoms with Crippen LogP contribution in [-0.2, 0) is 29.0 Å². The van der Waals surface area contributed by atoms with Crippen LogP contribution >= 0.6 is 0 Å². The van der Waals surface area contributed by atoms with Crippen molar-refractivity contribution in [3.63, 3.8) is 0 Å². The van der Waals surface area contributed by atoms with Gasteiger partial charge in [0, 0.05) is 23.1 Å². The molecule has 0 saturated carbocycles. The molecule has 0 amide bonds. The van der Waals surface area contributed by atoms with Crippen molar-refractivity contribution in [3.8, 4) is 0 Å². The average molecular weight is 284 g/mol. The van der Waals surface area contributed by atoms with Gasteiger partial charge in [0.2, 0.25) is 0 Å². The lowest BCUT2D eigenvalue weighted by atomic mass is 10.0. The lowest BCUT2D eigenvalue weighted by Crippen LogP contribution is -2.06. The molecule has 4 heteroatoms. The van der Waals surface area contributed by atoms with Crippen molar-refractivity contribution < 1.29 is 13.9 Å². The summed E-state index contributed by atoms with van der Waals surface area (Å²) in [7, 11) is 0. The van der Waals surface area contributed by atoms with E-state index < -0.39 is 11.6 Å². The lowest BCUT2D eigenvalue weighted by molar-refractivity contribution is -0.138. The van der Waals surface area contributed by atoms with Crippen molar-refractivity contribution in [1.82, 2.24) is 0 Å². The number of fused-ring (bicyclic) bond motifs is 2. The first-order valence-corrected chi connectivity index (χ1v) is 7.05. The number of ether oxygens (including phenoxy) is 1. The number of rotatable bonds is 3. The fourth-order valence-electron chi connectivity index (χ4n) is 2.75. The van der Waals surface area contributed by atoms with Gasteiger partial charge in [-0.05, 0) is 49.4 Å². The molecular formula is C17H16O4. The molecule has 0 aliphatic heterocycles. The number of hydrogen-bond acceptors (Lipinski definition) is 4.